The van der Waals surface area contributed by atoms with Gasteiger partial charge in [-0.3, -0.25) is 0 Å². The van der Waals surface area contributed by atoms with Gasteiger partial charge in [0.05, 0.1) is 28.4 Å². The Labute approximate surface area is 291 Å². The van der Waals surface area contributed by atoms with Crippen molar-refractivity contribution >= 4 is 40.4 Å². The smallest absolute Gasteiger partial charge is 0.820 e. The molecule has 0 radical (unpaired) electrons. The number of benzene rings is 2. The summed E-state index contributed by atoms with van der Waals surface area (Å²) >= 11 is 0. The quantitative estimate of drug-likeness (QED) is 0.120. The van der Waals surface area contributed by atoms with E-state index in [0.29, 0.717) is 24.3 Å². The fourth-order valence-electron chi connectivity index (χ4n) is 5.57. The number of ether oxygens (including phenoxy) is 1. The molecule has 2 fully saturated rings. The van der Waals surface area contributed by atoms with Gasteiger partial charge in [-0.05, 0) is 86.1 Å². The molecule has 3 heterocycles. The Morgan fingerprint density at radius 3 is 2.55 bits per heavy atom. The van der Waals surface area contributed by atoms with Crippen molar-refractivity contribution in [1.82, 2.24) is 14.9 Å². The van der Waals surface area contributed by atoms with Crippen LogP contribution in [0.4, 0.5) is 0 Å². The first-order valence-electron chi connectivity index (χ1n) is 13.7. The third-order valence-corrected chi connectivity index (χ3v) is 10.5. The number of piperidine rings is 1. The summed E-state index contributed by atoms with van der Waals surface area (Å²) in [5, 5.41) is 1.67. The zero-order chi connectivity index (χ0) is 27.9. The molecule has 0 amide bonds. The summed E-state index contributed by atoms with van der Waals surface area (Å²) in [5.41, 5.74) is 4.40. The molecule has 0 unspecified atom stereocenters. The van der Waals surface area contributed by atoms with E-state index in [1.165, 1.54) is 0 Å². The Hall–Kier alpha value is -0.590. The van der Waals surface area contributed by atoms with Crippen LogP contribution in [-0.4, -0.2) is 60.9 Å². The predicted octanol–water partition coefficient (Wildman–Crippen LogP) is -2.17. The molecule has 1 saturated heterocycles. The first-order chi connectivity index (χ1) is 19.3. The van der Waals surface area contributed by atoms with Gasteiger partial charge in [0.15, 0.2) is 9.84 Å². The van der Waals surface area contributed by atoms with Crippen molar-refractivity contribution in [2.75, 3.05) is 26.2 Å². The van der Waals surface area contributed by atoms with Crippen LogP contribution < -0.4 is 73.6 Å². The second kappa shape index (κ2) is 14.7. The Balaban J connectivity index is 0.00000202. The average Bonchev–Trinajstić information content (AvgIpc) is 3.74. The van der Waals surface area contributed by atoms with E-state index < -0.39 is 18.4 Å². The molecule has 2 aromatic heterocycles. The maximum absolute atomic E-state index is 13.0. The van der Waals surface area contributed by atoms with E-state index in [1.54, 1.807) is 12.1 Å². The molecular weight excluding hydrogens is 595 g/mol. The monoisotopic (exact) mass is 627 g/mol. The SMILES string of the molecule is Cc1cnc2[nH]c3c(OCCCN4CCC(OP([O-])[O-])CC4)ccc(-c4cccc(S(=O)(=O)C5CC5)c4)c3c2c1.[Na+].[Na+]. The number of aryl methyl sites for hydroxylation is 1. The number of rotatable bonds is 10. The number of nitrogens with zero attached hydrogens (tertiary/aromatic N) is 2. The molecule has 2 aliphatic rings. The van der Waals surface area contributed by atoms with Gasteiger partial charge in [0.2, 0.25) is 0 Å². The Morgan fingerprint density at radius 2 is 1.83 bits per heavy atom. The summed E-state index contributed by atoms with van der Waals surface area (Å²) < 4.78 is 37.1. The van der Waals surface area contributed by atoms with Crippen LogP contribution in [0.5, 0.6) is 5.75 Å². The molecule has 212 valence electrons. The number of aromatic nitrogens is 2. The van der Waals surface area contributed by atoms with Crippen molar-refractivity contribution in [3.63, 3.8) is 0 Å². The first kappa shape index (κ1) is 34.3. The van der Waals surface area contributed by atoms with Crippen molar-refractivity contribution in [2.24, 2.45) is 0 Å². The van der Waals surface area contributed by atoms with E-state index in [9.17, 15) is 18.2 Å². The van der Waals surface area contributed by atoms with Crippen LogP contribution in [0, 0.1) is 6.92 Å². The number of hydrogen-bond donors (Lipinski definition) is 1. The van der Waals surface area contributed by atoms with Crippen molar-refractivity contribution in [2.45, 2.75) is 55.3 Å². The molecule has 13 heteroatoms. The van der Waals surface area contributed by atoms with Gasteiger partial charge in [0.25, 0.3) is 0 Å². The molecule has 0 bridgehead atoms. The molecule has 42 heavy (non-hydrogen) atoms. The molecule has 2 aromatic carbocycles. The fraction of sp³-hybridized carbons (Fsp3) is 0.414. The molecule has 1 saturated carbocycles. The molecule has 1 aliphatic carbocycles. The standard InChI is InChI=1S/C29H32N3O6PS.2Na/c1-19-16-25-27-24(20-4-2-5-23(17-20)40(35,36)22-6-7-22)8-9-26(28(27)31-29(25)30-18-19)37-15-3-12-32-13-10-21(11-14-32)38-39(33)34;;/h2,4-5,8-9,16-18,21-22H,3,6-7,10-15H2,1H3,(H,30,31);;/q-2;2*+1. The van der Waals surface area contributed by atoms with Crippen molar-refractivity contribution in [3.05, 3.63) is 54.2 Å². The second-order valence-electron chi connectivity index (χ2n) is 10.7. The number of pyridine rings is 1. The van der Waals surface area contributed by atoms with E-state index in [-0.39, 0.29) is 70.5 Å². The maximum atomic E-state index is 13.0. The summed E-state index contributed by atoms with van der Waals surface area (Å²) in [7, 11) is -6.11. The van der Waals surface area contributed by atoms with Crippen LogP contribution in [0.1, 0.15) is 37.7 Å². The van der Waals surface area contributed by atoms with Crippen LogP contribution >= 0.6 is 8.60 Å². The second-order valence-corrected chi connectivity index (χ2v) is 13.6. The van der Waals surface area contributed by atoms with Crippen molar-refractivity contribution in [1.29, 1.82) is 0 Å². The molecule has 1 aliphatic heterocycles. The zero-order valence-corrected chi connectivity index (χ0v) is 30.0. The number of H-pyrrole nitrogens is 1. The van der Waals surface area contributed by atoms with Crippen molar-refractivity contribution < 1.29 is 86.6 Å². The molecule has 9 nitrogen and oxygen atoms in total. The van der Waals surface area contributed by atoms with E-state index in [4.69, 9.17) is 9.26 Å². The van der Waals surface area contributed by atoms with Gasteiger partial charge >= 0.3 is 59.1 Å². The summed E-state index contributed by atoms with van der Waals surface area (Å²) in [5.74, 6) is 0.725. The van der Waals surface area contributed by atoms with Gasteiger partial charge in [0.1, 0.15) is 11.4 Å². The van der Waals surface area contributed by atoms with Crippen molar-refractivity contribution in [3.8, 4) is 16.9 Å². The third-order valence-electron chi connectivity index (χ3n) is 7.79. The molecule has 0 atom stereocenters. The van der Waals surface area contributed by atoms with Gasteiger partial charge < -0.3 is 28.9 Å². The van der Waals surface area contributed by atoms with Gasteiger partial charge in [-0.15, -0.1) is 0 Å². The molecular formula is C29H32N3Na2O6PS. The first-order valence-corrected chi connectivity index (χ1v) is 16.4. The Bertz CT molecular complexity index is 1640. The van der Waals surface area contributed by atoms with E-state index in [2.05, 4.69) is 20.9 Å². The van der Waals surface area contributed by atoms with Crippen LogP contribution in [0.3, 0.4) is 0 Å². The van der Waals surface area contributed by atoms with E-state index >= 15 is 0 Å². The summed E-state index contributed by atoms with van der Waals surface area (Å²) in [6.45, 7) is 4.98. The summed E-state index contributed by atoms with van der Waals surface area (Å²) in [4.78, 5) is 32.3. The van der Waals surface area contributed by atoms with E-state index in [1.807, 2.05) is 37.4 Å². The largest absolute Gasteiger partial charge is 1.00 e. The Kier molecular flexibility index (Phi) is 12.0. The molecule has 0 spiro atoms. The molecule has 4 aromatic rings. The van der Waals surface area contributed by atoms with Crippen LogP contribution in [0.15, 0.2) is 53.6 Å². The number of sulfone groups is 1. The zero-order valence-electron chi connectivity index (χ0n) is 24.3. The summed E-state index contributed by atoms with van der Waals surface area (Å²) in [6, 6.07) is 13.3. The van der Waals surface area contributed by atoms with Gasteiger partial charge in [0, 0.05) is 36.6 Å². The van der Waals surface area contributed by atoms with Gasteiger partial charge in [-0.1, -0.05) is 12.1 Å². The van der Waals surface area contributed by atoms with Gasteiger partial charge in [-0.25, -0.2) is 13.4 Å². The Morgan fingerprint density at radius 1 is 1.07 bits per heavy atom. The van der Waals surface area contributed by atoms with E-state index in [0.717, 1.165) is 83.3 Å². The molecule has 6 rings (SSSR count). The topological polar surface area (TPSA) is 131 Å². The molecule has 1 N–H and O–H groups in total. The number of likely N-dealkylation sites (tertiary alicyclic amines) is 1. The third kappa shape index (κ3) is 7.61. The van der Waals surface area contributed by atoms with Crippen LogP contribution in [0.25, 0.3) is 33.1 Å². The van der Waals surface area contributed by atoms with Crippen LogP contribution in [0.2, 0.25) is 0 Å². The normalized spacial score (nSPS) is 16.5. The number of aromatic amines is 1. The number of nitrogens with one attached hydrogen (secondary N) is 1. The minimum atomic E-state index is -3.31. The summed E-state index contributed by atoms with van der Waals surface area (Å²) in [6.07, 6.45) is 5.30. The fourth-order valence-corrected chi connectivity index (χ4v) is 7.72. The maximum Gasteiger partial charge on any atom is 1.00 e. The predicted molar refractivity (Wildman–Crippen MR) is 152 cm³/mol. The minimum Gasteiger partial charge on any atom is -0.820 e. The minimum absolute atomic E-state index is 0. The van der Waals surface area contributed by atoms with Gasteiger partial charge in [-0.2, -0.15) is 8.60 Å². The number of fused-ring (bicyclic) bond motifs is 3. The average molecular weight is 628 g/mol. The van der Waals surface area contributed by atoms with Crippen LogP contribution in [-0.2, 0) is 14.4 Å². The number of hydrogen-bond acceptors (Lipinski definition) is 8.